The molecule has 6 aromatic rings. The van der Waals surface area contributed by atoms with E-state index in [0.29, 0.717) is 30.2 Å². The molecule has 1 saturated heterocycles. The van der Waals surface area contributed by atoms with Crippen molar-refractivity contribution in [3.05, 3.63) is 48.6 Å². The highest BCUT2D eigenvalue weighted by molar-refractivity contribution is 5.75. The van der Waals surface area contributed by atoms with E-state index in [9.17, 15) is 4.79 Å². The van der Waals surface area contributed by atoms with Crippen molar-refractivity contribution in [2.45, 2.75) is 82.8 Å². The van der Waals surface area contributed by atoms with E-state index in [1.54, 1.807) is 12.4 Å². The van der Waals surface area contributed by atoms with E-state index < -0.39 is 6.09 Å². The molecule has 6 aromatic heterocycles. The number of rotatable bonds is 10. The number of carbonyl (C=O) groups is 1. The fourth-order valence-corrected chi connectivity index (χ4v) is 8.78. The van der Waals surface area contributed by atoms with Gasteiger partial charge in [0.2, 0.25) is 0 Å². The van der Waals surface area contributed by atoms with Crippen LogP contribution >= 0.6 is 0 Å². The lowest BCUT2D eigenvalue weighted by Crippen LogP contribution is -2.38. The van der Waals surface area contributed by atoms with Crippen LogP contribution in [0.15, 0.2) is 36.9 Å². The van der Waals surface area contributed by atoms with Gasteiger partial charge in [0, 0.05) is 43.9 Å². The molecule has 0 aromatic carbocycles. The average Bonchev–Trinajstić information content (AvgIpc) is 4.01. The summed E-state index contributed by atoms with van der Waals surface area (Å²) in [6, 6.07) is 4.11. The van der Waals surface area contributed by atoms with Crippen molar-refractivity contribution in [3.63, 3.8) is 0 Å². The second-order valence-electron chi connectivity index (χ2n) is 14.4. The maximum atomic E-state index is 10.1. The minimum atomic E-state index is -0.943. The van der Waals surface area contributed by atoms with Gasteiger partial charge in [0.05, 0.1) is 48.8 Å². The third-order valence-corrected chi connectivity index (χ3v) is 11.4. The molecule has 9 rings (SSSR count). The summed E-state index contributed by atoms with van der Waals surface area (Å²) >= 11 is 0. The molecule has 2 aliphatic carbocycles. The van der Waals surface area contributed by atoms with Gasteiger partial charge in [0.1, 0.15) is 11.6 Å². The van der Waals surface area contributed by atoms with Gasteiger partial charge in [-0.2, -0.15) is 0 Å². The number of H-pyrrole nitrogens is 2. The van der Waals surface area contributed by atoms with Crippen LogP contribution in [0.1, 0.15) is 82.3 Å². The maximum absolute atomic E-state index is 10.1. The van der Waals surface area contributed by atoms with Gasteiger partial charge in [-0.15, -0.1) is 20.4 Å². The zero-order valence-electron chi connectivity index (χ0n) is 29.8. The van der Waals surface area contributed by atoms with Crippen LogP contribution in [0.2, 0.25) is 0 Å². The van der Waals surface area contributed by atoms with E-state index in [0.717, 1.165) is 123 Å². The Kier molecular flexibility index (Phi) is 10.0. The van der Waals surface area contributed by atoms with E-state index in [-0.39, 0.29) is 12.2 Å². The topological polar surface area (TPSA) is 189 Å². The zero-order chi connectivity index (χ0) is 35.6. The Balaban J connectivity index is 0.000000254. The Hall–Kier alpha value is -4.67. The summed E-state index contributed by atoms with van der Waals surface area (Å²) < 4.78 is 16.5. The van der Waals surface area contributed by atoms with Gasteiger partial charge in [-0.25, -0.2) is 14.8 Å². The summed E-state index contributed by atoms with van der Waals surface area (Å²) in [5.41, 5.74) is 5.38. The molecular formula is C36H48N12O4. The fraction of sp³-hybridized carbons (Fsp3) is 0.583. The van der Waals surface area contributed by atoms with Crippen molar-refractivity contribution >= 4 is 39.7 Å². The highest BCUT2D eigenvalue weighted by atomic mass is 16.5. The SMILES string of the molecule is CC[C@@H]1C[C@H](O[C@H]2C[C@@H](CC)[C@@H](c3nnc4cnc5[nH]ccc5n34)C2)C[C@@H]1c1nnc2cnc3[nH]ccc3n12.O=C(O)NCCCN1CCOCC1. The minimum Gasteiger partial charge on any atom is -0.465 e. The van der Waals surface area contributed by atoms with Gasteiger partial charge in [-0.1, -0.05) is 26.7 Å². The first-order chi connectivity index (χ1) is 25.5. The molecule has 16 nitrogen and oxygen atoms in total. The van der Waals surface area contributed by atoms with Crippen molar-refractivity contribution in [2.75, 3.05) is 39.4 Å². The van der Waals surface area contributed by atoms with Crippen LogP contribution < -0.4 is 5.32 Å². The Morgan fingerprint density at radius 3 is 1.88 bits per heavy atom. The Morgan fingerprint density at radius 1 is 0.846 bits per heavy atom. The molecule has 3 aliphatic rings. The molecule has 3 fully saturated rings. The van der Waals surface area contributed by atoms with Crippen molar-refractivity contribution in [3.8, 4) is 0 Å². The van der Waals surface area contributed by atoms with Gasteiger partial charge in [0.15, 0.2) is 22.6 Å². The molecule has 0 bridgehead atoms. The Bertz CT molecular complexity index is 1980. The molecule has 16 heteroatoms. The number of aromatic amines is 2. The predicted molar refractivity (Wildman–Crippen MR) is 193 cm³/mol. The van der Waals surface area contributed by atoms with Crippen LogP contribution in [-0.4, -0.2) is 117 Å². The van der Waals surface area contributed by atoms with Crippen molar-refractivity contribution < 1.29 is 19.4 Å². The van der Waals surface area contributed by atoms with Gasteiger partial charge in [-0.05, 0) is 62.6 Å². The average molecular weight is 713 g/mol. The summed E-state index contributed by atoms with van der Waals surface area (Å²) in [7, 11) is 0. The molecular weight excluding hydrogens is 664 g/mol. The smallest absolute Gasteiger partial charge is 0.404 e. The van der Waals surface area contributed by atoms with Crippen LogP contribution in [0.4, 0.5) is 4.79 Å². The van der Waals surface area contributed by atoms with Crippen molar-refractivity contribution in [1.82, 2.24) is 59.3 Å². The monoisotopic (exact) mass is 712 g/mol. The number of amides is 1. The quantitative estimate of drug-likeness (QED) is 0.143. The lowest BCUT2D eigenvalue weighted by Gasteiger charge is -2.26. The Morgan fingerprint density at radius 2 is 1.38 bits per heavy atom. The second kappa shape index (κ2) is 15.1. The summed E-state index contributed by atoms with van der Waals surface area (Å²) in [5, 5.41) is 28.9. The van der Waals surface area contributed by atoms with Crippen LogP contribution in [-0.2, 0) is 9.47 Å². The normalized spacial score (nSPS) is 25.3. The first-order valence-electron chi connectivity index (χ1n) is 18.8. The number of nitrogens with zero attached hydrogens (tertiary/aromatic N) is 9. The number of hydrogen-bond acceptors (Lipinski definition) is 10. The lowest BCUT2D eigenvalue weighted by molar-refractivity contribution is -0.00877. The zero-order valence-corrected chi connectivity index (χ0v) is 29.8. The summed E-state index contributed by atoms with van der Waals surface area (Å²) in [6.07, 6.45) is 14.0. The van der Waals surface area contributed by atoms with Crippen LogP contribution in [0.25, 0.3) is 33.6 Å². The highest BCUT2D eigenvalue weighted by Gasteiger charge is 2.42. The number of aromatic nitrogens is 10. The number of fused-ring (bicyclic) bond motifs is 6. The molecule has 0 spiro atoms. The molecule has 1 aliphatic heterocycles. The number of nitrogens with one attached hydrogen (secondary N) is 3. The van der Waals surface area contributed by atoms with Crippen LogP contribution in [0.5, 0.6) is 0 Å². The predicted octanol–water partition coefficient (Wildman–Crippen LogP) is 4.76. The Labute approximate surface area is 300 Å². The maximum Gasteiger partial charge on any atom is 0.404 e. The van der Waals surface area contributed by atoms with E-state index in [1.807, 2.05) is 12.4 Å². The second-order valence-corrected chi connectivity index (χ2v) is 14.4. The number of ether oxygens (including phenoxy) is 2. The lowest BCUT2D eigenvalue weighted by atomic mass is 9.93. The molecule has 7 heterocycles. The molecule has 0 unspecified atom stereocenters. The molecule has 1 amide bonds. The first-order valence-corrected chi connectivity index (χ1v) is 18.8. The molecule has 276 valence electrons. The summed E-state index contributed by atoms with van der Waals surface area (Å²) in [6.45, 7) is 9.57. The van der Waals surface area contributed by atoms with Gasteiger partial charge in [-0.3, -0.25) is 13.7 Å². The van der Waals surface area contributed by atoms with Crippen LogP contribution in [0, 0.1) is 11.8 Å². The van der Waals surface area contributed by atoms with Crippen molar-refractivity contribution in [2.24, 2.45) is 11.8 Å². The molecule has 6 atom stereocenters. The van der Waals surface area contributed by atoms with Gasteiger partial charge >= 0.3 is 6.09 Å². The van der Waals surface area contributed by atoms with E-state index in [4.69, 9.17) is 14.6 Å². The number of morpholine rings is 1. The van der Waals surface area contributed by atoms with Gasteiger partial charge in [0.25, 0.3) is 0 Å². The summed E-state index contributed by atoms with van der Waals surface area (Å²) in [5.74, 6) is 3.71. The summed E-state index contributed by atoms with van der Waals surface area (Å²) in [4.78, 5) is 27.8. The number of carboxylic acid groups (broad SMARTS) is 1. The third kappa shape index (κ3) is 6.81. The highest BCUT2D eigenvalue weighted by Crippen LogP contribution is 2.47. The first kappa shape index (κ1) is 34.4. The van der Waals surface area contributed by atoms with E-state index in [2.05, 4.69) is 85.3 Å². The fourth-order valence-electron chi connectivity index (χ4n) is 8.78. The molecule has 2 saturated carbocycles. The van der Waals surface area contributed by atoms with Crippen molar-refractivity contribution in [1.29, 1.82) is 0 Å². The third-order valence-electron chi connectivity index (χ3n) is 11.4. The van der Waals surface area contributed by atoms with Crippen LogP contribution in [0.3, 0.4) is 0 Å². The molecule has 4 N–H and O–H groups in total. The van der Waals surface area contributed by atoms with Gasteiger partial charge < -0.3 is 29.9 Å². The largest absolute Gasteiger partial charge is 0.465 e. The van der Waals surface area contributed by atoms with E-state index >= 15 is 0 Å². The standard InChI is InChI=1S/C28H32N10O.C8H16N2O3/c1-3-15-9-17(11-19(15)27-35-33-23-13-31-25-21(37(23)27)5-7-29-25)39-18-10-16(4-2)20(12-18)28-36-34-24-14-32-26-22(38(24)28)6-8-30-26;11-8(12)9-2-1-3-10-4-6-13-7-5-10/h5-8,13-20,29-30H,3-4,9-12H2,1-2H3;9H,1-7H2,(H,11,12)/t15-,16-,17+,18+,19+,20+;/m1./s1. The minimum absolute atomic E-state index is 0.216. The van der Waals surface area contributed by atoms with E-state index in [1.165, 1.54) is 0 Å². The molecule has 0 radical (unpaired) electrons. The molecule has 52 heavy (non-hydrogen) atoms. The number of hydrogen-bond donors (Lipinski definition) is 4.